The Labute approximate surface area is 211 Å². The summed E-state index contributed by atoms with van der Waals surface area (Å²) in [6, 6.07) is 19.8. The van der Waals surface area contributed by atoms with Crippen molar-refractivity contribution in [2.24, 2.45) is 0 Å². The minimum absolute atomic E-state index is 0.0421. The number of barbiturate groups is 1. The fourth-order valence-corrected chi connectivity index (χ4v) is 4.78. The molecule has 6 nitrogen and oxygen atoms in total. The van der Waals surface area contributed by atoms with Crippen LogP contribution in [0, 0.1) is 13.8 Å². The maximum Gasteiger partial charge on any atom is 0.336 e. The summed E-state index contributed by atoms with van der Waals surface area (Å²) >= 11 is 12.3. The quantitative estimate of drug-likeness (QED) is 0.266. The highest BCUT2D eigenvalue weighted by Crippen LogP contribution is 2.35. The van der Waals surface area contributed by atoms with Crippen molar-refractivity contribution < 1.29 is 14.4 Å². The van der Waals surface area contributed by atoms with Crippen LogP contribution in [0.1, 0.15) is 17.0 Å². The number of rotatable bonds is 3. The molecular weight excluding hydrogens is 485 g/mol. The third-order valence-electron chi connectivity index (χ3n) is 6.05. The number of anilines is 1. The summed E-state index contributed by atoms with van der Waals surface area (Å²) in [5, 5.41) is 4.63. The predicted octanol–water partition coefficient (Wildman–Crippen LogP) is 6.22. The summed E-state index contributed by atoms with van der Waals surface area (Å²) in [5.41, 5.74) is 3.36. The molecule has 3 aromatic carbocycles. The van der Waals surface area contributed by atoms with Crippen LogP contribution in [0.2, 0.25) is 10.0 Å². The molecule has 0 unspecified atom stereocenters. The second-order valence-corrected chi connectivity index (χ2v) is 8.98. The van der Waals surface area contributed by atoms with Gasteiger partial charge in [-0.2, -0.15) is 0 Å². The van der Waals surface area contributed by atoms with E-state index in [0.29, 0.717) is 5.56 Å². The van der Waals surface area contributed by atoms with Crippen molar-refractivity contribution in [3.63, 3.8) is 0 Å². The molecule has 1 aliphatic heterocycles. The number of amides is 4. The summed E-state index contributed by atoms with van der Waals surface area (Å²) in [5.74, 6) is -1.55. The molecule has 0 radical (unpaired) electrons. The Morgan fingerprint density at radius 1 is 0.857 bits per heavy atom. The smallest absolute Gasteiger partial charge is 0.317 e. The number of urea groups is 1. The van der Waals surface area contributed by atoms with Crippen LogP contribution in [0.5, 0.6) is 0 Å². The Hall–Kier alpha value is -3.87. The van der Waals surface area contributed by atoms with Gasteiger partial charge in [0.25, 0.3) is 11.8 Å². The molecule has 35 heavy (non-hydrogen) atoms. The Morgan fingerprint density at radius 2 is 1.54 bits per heavy atom. The lowest BCUT2D eigenvalue weighted by molar-refractivity contribution is -0.122. The topological polar surface area (TPSA) is 71.4 Å². The average Bonchev–Trinajstić information content (AvgIpc) is 3.11. The first-order chi connectivity index (χ1) is 16.8. The summed E-state index contributed by atoms with van der Waals surface area (Å²) in [6.45, 7) is 3.88. The van der Waals surface area contributed by atoms with Crippen molar-refractivity contribution in [3.8, 4) is 5.69 Å². The monoisotopic (exact) mass is 503 g/mol. The maximum absolute atomic E-state index is 13.3. The van der Waals surface area contributed by atoms with E-state index in [1.165, 1.54) is 12.1 Å². The van der Waals surface area contributed by atoms with Gasteiger partial charge in [0, 0.05) is 16.8 Å². The van der Waals surface area contributed by atoms with Crippen molar-refractivity contribution in [2.45, 2.75) is 13.8 Å². The third-order valence-corrected chi connectivity index (χ3v) is 6.86. The molecule has 0 bridgehead atoms. The van der Waals surface area contributed by atoms with Gasteiger partial charge in [-0.15, -0.1) is 0 Å². The van der Waals surface area contributed by atoms with Crippen LogP contribution in [-0.4, -0.2) is 22.4 Å². The third kappa shape index (κ3) is 3.81. The first-order valence-electron chi connectivity index (χ1n) is 10.8. The highest BCUT2D eigenvalue weighted by Gasteiger charge is 2.38. The van der Waals surface area contributed by atoms with Crippen LogP contribution in [0.4, 0.5) is 10.5 Å². The van der Waals surface area contributed by atoms with E-state index < -0.39 is 17.8 Å². The van der Waals surface area contributed by atoms with Crippen LogP contribution in [0.3, 0.4) is 0 Å². The Morgan fingerprint density at radius 3 is 2.34 bits per heavy atom. The SMILES string of the molecule is Cc1cc(/C=C2\C(=O)NC(=O)N(c3cccc(Cl)c3Cl)C2=O)c(C)n1-c1cccc2ccccc12. The van der Waals surface area contributed by atoms with Gasteiger partial charge >= 0.3 is 6.03 Å². The number of hydrogen-bond acceptors (Lipinski definition) is 3. The van der Waals surface area contributed by atoms with Crippen LogP contribution in [0.15, 0.2) is 72.3 Å². The van der Waals surface area contributed by atoms with Crippen molar-refractivity contribution >= 4 is 63.6 Å². The zero-order chi connectivity index (χ0) is 24.9. The molecule has 1 aromatic heterocycles. The second-order valence-electron chi connectivity index (χ2n) is 8.19. The number of nitrogens with zero attached hydrogens (tertiary/aromatic N) is 2. The van der Waals surface area contributed by atoms with Crippen molar-refractivity contribution in [3.05, 3.63) is 99.3 Å². The van der Waals surface area contributed by atoms with Gasteiger partial charge in [-0.25, -0.2) is 9.69 Å². The lowest BCUT2D eigenvalue weighted by Gasteiger charge is -2.27. The van der Waals surface area contributed by atoms with Gasteiger partial charge in [0.15, 0.2) is 0 Å². The van der Waals surface area contributed by atoms with E-state index in [1.807, 2.05) is 56.3 Å². The van der Waals surface area contributed by atoms with Gasteiger partial charge < -0.3 is 4.57 Å². The lowest BCUT2D eigenvalue weighted by atomic mass is 10.1. The second kappa shape index (κ2) is 8.73. The van der Waals surface area contributed by atoms with Crippen LogP contribution >= 0.6 is 23.2 Å². The number of aryl methyl sites for hydroxylation is 1. The molecule has 4 aromatic rings. The Kier molecular flexibility index (Phi) is 5.71. The van der Waals surface area contributed by atoms with E-state index >= 15 is 0 Å². The van der Waals surface area contributed by atoms with Gasteiger partial charge in [-0.1, -0.05) is 65.7 Å². The predicted molar refractivity (Wildman–Crippen MR) is 138 cm³/mol. The van der Waals surface area contributed by atoms with E-state index in [9.17, 15) is 14.4 Å². The molecule has 0 spiro atoms. The largest absolute Gasteiger partial charge is 0.336 e. The first kappa shape index (κ1) is 22.9. The van der Waals surface area contributed by atoms with Crippen LogP contribution in [-0.2, 0) is 9.59 Å². The van der Waals surface area contributed by atoms with E-state index in [4.69, 9.17) is 23.2 Å². The molecule has 1 N–H and O–H groups in total. The summed E-state index contributed by atoms with van der Waals surface area (Å²) in [7, 11) is 0. The van der Waals surface area contributed by atoms with E-state index in [0.717, 1.165) is 32.7 Å². The minimum Gasteiger partial charge on any atom is -0.317 e. The standard InChI is InChI=1S/C27H19Cl2N3O3/c1-15-13-18(16(2)31(15)22-11-5-8-17-7-3-4-9-19(17)22)14-20-25(33)30-27(35)32(26(20)34)23-12-6-10-21(28)24(23)29/h3-14H,1-2H3,(H,30,33,35)/b20-14+. The molecule has 0 saturated carbocycles. The zero-order valence-electron chi connectivity index (χ0n) is 18.8. The normalized spacial score (nSPS) is 15.3. The van der Waals surface area contributed by atoms with Crippen LogP contribution in [0.25, 0.3) is 22.5 Å². The number of imide groups is 2. The molecule has 1 aliphatic rings. The summed E-state index contributed by atoms with van der Waals surface area (Å²) in [6.07, 6.45) is 1.50. The number of fused-ring (bicyclic) bond motifs is 1. The molecule has 1 fully saturated rings. The highest BCUT2D eigenvalue weighted by molar-refractivity contribution is 6.46. The fraction of sp³-hybridized carbons (Fsp3) is 0.0741. The summed E-state index contributed by atoms with van der Waals surface area (Å²) < 4.78 is 2.08. The number of halogens is 2. The number of nitrogens with one attached hydrogen (secondary N) is 1. The van der Waals surface area contributed by atoms with E-state index in [2.05, 4.69) is 16.0 Å². The van der Waals surface area contributed by atoms with E-state index in [1.54, 1.807) is 12.1 Å². The van der Waals surface area contributed by atoms with E-state index in [-0.39, 0.29) is 21.3 Å². The molecule has 0 aliphatic carbocycles. The Balaban J connectivity index is 1.61. The number of carbonyl (C=O) groups is 3. The van der Waals surface area contributed by atoms with Gasteiger partial charge in [0.05, 0.1) is 21.4 Å². The molecule has 4 amide bonds. The molecule has 8 heteroatoms. The van der Waals surface area contributed by atoms with Crippen molar-refractivity contribution in [2.75, 3.05) is 4.90 Å². The highest BCUT2D eigenvalue weighted by atomic mass is 35.5. The lowest BCUT2D eigenvalue weighted by Crippen LogP contribution is -2.54. The number of aromatic nitrogens is 1. The average molecular weight is 504 g/mol. The van der Waals surface area contributed by atoms with Gasteiger partial charge in [0.2, 0.25) is 0 Å². The molecule has 5 rings (SSSR count). The number of hydrogen-bond donors (Lipinski definition) is 1. The molecule has 0 atom stereocenters. The summed E-state index contributed by atoms with van der Waals surface area (Å²) in [4.78, 5) is 39.4. The Bertz CT molecular complexity index is 1580. The molecule has 174 valence electrons. The van der Waals surface area contributed by atoms with Crippen molar-refractivity contribution in [1.29, 1.82) is 0 Å². The van der Waals surface area contributed by atoms with Gasteiger partial charge in [-0.05, 0) is 55.1 Å². The number of carbonyl (C=O) groups excluding carboxylic acids is 3. The fourth-order valence-electron chi connectivity index (χ4n) is 4.40. The molecule has 2 heterocycles. The minimum atomic E-state index is -0.887. The maximum atomic E-state index is 13.3. The zero-order valence-corrected chi connectivity index (χ0v) is 20.3. The van der Waals surface area contributed by atoms with Crippen LogP contribution < -0.4 is 10.2 Å². The molecule has 1 saturated heterocycles. The van der Waals surface area contributed by atoms with Gasteiger partial charge in [0.1, 0.15) is 5.57 Å². The number of benzene rings is 3. The first-order valence-corrected chi connectivity index (χ1v) is 11.6. The van der Waals surface area contributed by atoms with Gasteiger partial charge in [-0.3, -0.25) is 14.9 Å². The molecular formula is C27H19Cl2N3O3. The van der Waals surface area contributed by atoms with Crippen molar-refractivity contribution in [1.82, 2.24) is 9.88 Å².